The summed E-state index contributed by atoms with van der Waals surface area (Å²) in [4.78, 5) is 11.5. The minimum Gasteiger partial charge on any atom is -0.349 e. The van der Waals surface area contributed by atoms with Crippen LogP contribution in [0.2, 0.25) is 5.02 Å². The summed E-state index contributed by atoms with van der Waals surface area (Å²) in [5.41, 5.74) is 4.25. The van der Waals surface area contributed by atoms with Crippen molar-refractivity contribution < 1.29 is 0 Å². The van der Waals surface area contributed by atoms with E-state index in [1.165, 1.54) is 31.5 Å². The summed E-state index contributed by atoms with van der Waals surface area (Å²) in [6.45, 7) is 5.34. The van der Waals surface area contributed by atoms with Crippen molar-refractivity contribution in [3.8, 4) is 5.82 Å². The highest BCUT2D eigenvalue weighted by Crippen LogP contribution is 2.28. The Labute approximate surface area is 180 Å². The van der Waals surface area contributed by atoms with Gasteiger partial charge < -0.3 is 9.88 Å². The Morgan fingerprint density at radius 2 is 1.97 bits per heavy atom. The Balaban J connectivity index is 1.38. The fourth-order valence-corrected chi connectivity index (χ4v) is 4.34. The number of aryl methyl sites for hydroxylation is 2. The normalized spacial score (nSPS) is 14.6. The van der Waals surface area contributed by atoms with Gasteiger partial charge >= 0.3 is 0 Å². The molecule has 0 radical (unpaired) electrons. The van der Waals surface area contributed by atoms with Gasteiger partial charge in [-0.3, -0.25) is 4.90 Å². The molecular weight excluding hydrogens is 398 g/mol. The summed E-state index contributed by atoms with van der Waals surface area (Å²) in [6, 6.07) is 7.92. The zero-order valence-corrected chi connectivity index (χ0v) is 17.9. The maximum absolute atomic E-state index is 6.34. The third kappa shape index (κ3) is 3.66. The van der Waals surface area contributed by atoms with Crippen LogP contribution in [-0.4, -0.2) is 42.3 Å². The van der Waals surface area contributed by atoms with E-state index in [-0.39, 0.29) is 0 Å². The van der Waals surface area contributed by atoms with Crippen LogP contribution < -0.4 is 5.32 Å². The fraction of sp³-hybridized carbons (Fsp3) is 0.318. The molecule has 8 heteroatoms. The number of aromatic nitrogens is 5. The molecule has 30 heavy (non-hydrogen) atoms. The molecule has 0 atom stereocenters. The van der Waals surface area contributed by atoms with Crippen LogP contribution >= 0.6 is 11.6 Å². The van der Waals surface area contributed by atoms with Gasteiger partial charge in [0.25, 0.3) is 0 Å². The molecule has 0 amide bonds. The molecule has 4 aromatic rings. The van der Waals surface area contributed by atoms with Crippen LogP contribution in [0.3, 0.4) is 0 Å². The van der Waals surface area contributed by atoms with Gasteiger partial charge in [0.2, 0.25) is 5.95 Å². The molecule has 7 nitrogen and oxygen atoms in total. The molecule has 0 spiro atoms. The fourth-order valence-electron chi connectivity index (χ4n) is 4.04. The molecule has 1 fully saturated rings. The van der Waals surface area contributed by atoms with E-state index in [0.29, 0.717) is 5.95 Å². The van der Waals surface area contributed by atoms with Crippen molar-refractivity contribution in [3.05, 3.63) is 59.1 Å². The zero-order chi connectivity index (χ0) is 20.7. The van der Waals surface area contributed by atoms with Crippen molar-refractivity contribution in [1.82, 2.24) is 29.2 Å². The minimum atomic E-state index is 0.521. The second kappa shape index (κ2) is 7.74. The molecule has 4 heterocycles. The topological polar surface area (TPSA) is 63.8 Å². The largest absolute Gasteiger partial charge is 0.349 e. The average molecular weight is 422 g/mol. The lowest BCUT2D eigenvalue weighted by Gasteiger charge is -2.13. The van der Waals surface area contributed by atoms with E-state index in [1.807, 2.05) is 46.8 Å². The first-order valence-corrected chi connectivity index (χ1v) is 10.6. The summed E-state index contributed by atoms with van der Waals surface area (Å²) < 4.78 is 3.85. The molecule has 0 aliphatic carbocycles. The standard InChI is InChI=1S/C22H24ClN7/c1-15-16(12-29-9-3-4-10-29)13-30(27-15)21-7-8-24-22(26-21)25-17-5-6-20-18(11-17)19(23)14-28(20)2/h5-8,11,13-14H,3-4,9-10,12H2,1-2H3,(H,24,25,26). The molecule has 1 aliphatic heterocycles. The molecule has 154 valence electrons. The van der Waals surface area contributed by atoms with Crippen LogP contribution in [0.1, 0.15) is 24.1 Å². The Kier molecular flexibility index (Phi) is 4.92. The maximum Gasteiger partial charge on any atom is 0.229 e. The second-order valence-corrected chi connectivity index (χ2v) is 8.26. The Morgan fingerprint density at radius 1 is 1.13 bits per heavy atom. The Morgan fingerprint density at radius 3 is 2.80 bits per heavy atom. The van der Waals surface area contributed by atoms with Crippen molar-refractivity contribution >= 4 is 34.1 Å². The van der Waals surface area contributed by atoms with Crippen molar-refractivity contribution in [2.75, 3.05) is 18.4 Å². The highest BCUT2D eigenvalue weighted by molar-refractivity contribution is 6.35. The lowest BCUT2D eigenvalue weighted by molar-refractivity contribution is 0.330. The van der Waals surface area contributed by atoms with E-state index < -0.39 is 0 Å². The molecule has 0 unspecified atom stereocenters. The predicted octanol–water partition coefficient (Wildman–Crippen LogP) is 4.46. The molecule has 0 saturated carbocycles. The predicted molar refractivity (Wildman–Crippen MR) is 120 cm³/mol. The SMILES string of the molecule is Cc1nn(-c2ccnc(Nc3ccc4c(c3)c(Cl)cn4C)n2)cc1CN1CCCC1. The molecule has 5 rings (SSSR count). The monoisotopic (exact) mass is 421 g/mol. The van der Waals surface area contributed by atoms with Crippen LogP contribution in [0.15, 0.2) is 42.9 Å². The first-order valence-electron chi connectivity index (χ1n) is 10.2. The lowest BCUT2D eigenvalue weighted by atomic mass is 10.2. The van der Waals surface area contributed by atoms with Crippen LogP contribution in [0.4, 0.5) is 11.6 Å². The van der Waals surface area contributed by atoms with E-state index >= 15 is 0 Å². The molecule has 3 aromatic heterocycles. The van der Waals surface area contributed by atoms with E-state index in [1.54, 1.807) is 6.20 Å². The number of fused-ring (bicyclic) bond motifs is 1. The number of nitrogens with one attached hydrogen (secondary N) is 1. The number of anilines is 2. The highest BCUT2D eigenvalue weighted by Gasteiger charge is 2.15. The van der Waals surface area contributed by atoms with Crippen molar-refractivity contribution in [2.45, 2.75) is 26.3 Å². The smallest absolute Gasteiger partial charge is 0.229 e. The molecular formula is C22H24ClN7. The number of hydrogen-bond acceptors (Lipinski definition) is 5. The Bertz CT molecular complexity index is 1200. The molecule has 1 aliphatic rings. The van der Waals surface area contributed by atoms with Gasteiger partial charge in [-0.2, -0.15) is 10.1 Å². The van der Waals surface area contributed by atoms with Crippen molar-refractivity contribution in [1.29, 1.82) is 0 Å². The number of nitrogens with zero attached hydrogens (tertiary/aromatic N) is 6. The first-order chi connectivity index (χ1) is 14.6. The number of rotatable bonds is 5. The average Bonchev–Trinajstić information content (AvgIpc) is 3.44. The maximum atomic E-state index is 6.34. The van der Waals surface area contributed by atoms with Gasteiger partial charge in [-0.1, -0.05) is 11.6 Å². The van der Waals surface area contributed by atoms with Crippen LogP contribution in [0, 0.1) is 6.92 Å². The number of halogens is 1. The number of benzene rings is 1. The van der Waals surface area contributed by atoms with Gasteiger partial charge in [-0.15, -0.1) is 0 Å². The van der Waals surface area contributed by atoms with Crippen LogP contribution in [0.25, 0.3) is 16.7 Å². The third-order valence-electron chi connectivity index (χ3n) is 5.67. The number of likely N-dealkylation sites (tertiary alicyclic amines) is 1. The van der Waals surface area contributed by atoms with E-state index in [0.717, 1.165) is 39.7 Å². The van der Waals surface area contributed by atoms with Gasteiger partial charge in [0.1, 0.15) is 0 Å². The van der Waals surface area contributed by atoms with Gasteiger partial charge in [-0.05, 0) is 51.1 Å². The Hall–Kier alpha value is -2.90. The minimum absolute atomic E-state index is 0.521. The van der Waals surface area contributed by atoms with Crippen molar-refractivity contribution in [2.24, 2.45) is 7.05 Å². The quantitative estimate of drug-likeness (QED) is 0.515. The molecule has 0 bridgehead atoms. The van der Waals surface area contributed by atoms with Gasteiger partial charge in [-0.25, -0.2) is 9.67 Å². The second-order valence-electron chi connectivity index (χ2n) is 7.85. The molecule has 1 saturated heterocycles. The summed E-state index contributed by atoms with van der Waals surface area (Å²) in [5.74, 6) is 1.26. The molecule has 1 aromatic carbocycles. The van der Waals surface area contributed by atoms with E-state index in [4.69, 9.17) is 11.6 Å². The third-order valence-corrected chi connectivity index (χ3v) is 5.97. The summed E-state index contributed by atoms with van der Waals surface area (Å²) >= 11 is 6.34. The van der Waals surface area contributed by atoms with E-state index in [2.05, 4.69) is 38.4 Å². The number of hydrogen-bond donors (Lipinski definition) is 1. The van der Waals surface area contributed by atoms with Gasteiger partial charge in [0, 0.05) is 60.4 Å². The lowest BCUT2D eigenvalue weighted by Crippen LogP contribution is -2.18. The van der Waals surface area contributed by atoms with Gasteiger partial charge in [0.15, 0.2) is 5.82 Å². The van der Waals surface area contributed by atoms with Gasteiger partial charge in [0.05, 0.1) is 10.7 Å². The zero-order valence-electron chi connectivity index (χ0n) is 17.1. The summed E-state index contributed by atoms with van der Waals surface area (Å²) in [6.07, 6.45) is 8.31. The summed E-state index contributed by atoms with van der Waals surface area (Å²) in [5, 5.41) is 9.68. The first kappa shape index (κ1) is 19.1. The van der Waals surface area contributed by atoms with Crippen LogP contribution in [-0.2, 0) is 13.6 Å². The van der Waals surface area contributed by atoms with E-state index in [9.17, 15) is 0 Å². The molecule has 1 N–H and O–H groups in total. The van der Waals surface area contributed by atoms with Crippen molar-refractivity contribution in [3.63, 3.8) is 0 Å². The highest BCUT2D eigenvalue weighted by atomic mass is 35.5. The van der Waals surface area contributed by atoms with Crippen LogP contribution in [0.5, 0.6) is 0 Å². The summed E-state index contributed by atoms with van der Waals surface area (Å²) in [7, 11) is 1.98.